The van der Waals surface area contributed by atoms with E-state index in [0.717, 1.165) is 24.4 Å². The first kappa shape index (κ1) is 10.7. The number of urea groups is 1. The average molecular weight is 243 g/mol. The molecule has 0 saturated heterocycles. The standard InChI is InChI=1S/C7H9N5O3S/c13-5(14)3-12(4-1-2-4)7(15)8-6-9-10-11-16-6/h4H,1-3H2,(H,13,14)(H,8,9,11,15). The molecule has 8 nitrogen and oxygen atoms in total. The summed E-state index contributed by atoms with van der Waals surface area (Å²) in [5.41, 5.74) is 0. The summed E-state index contributed by atoms with van der Waals surface area (Å²) in [6, 6.07) is -0.444. The Balaban J connectivity index is 1.97. The van der Waals surface area contributed by atoms with E-state index in [1.807, 2.05) is 0 Å². The van der Waals surface area contributed by atoms with Crippen LogP contribution in [0.1, 0.15) is 12.8 Å². The zero-order chi connectivity index (χ0) is 11.5. The maximum Gasteiger partial charge on any atom is 0.324 e. The second kappa shape index (κ2) is 4.39. The smallest absolute Gasteiger partial charge is 0.324 e. The van der Waals surface area contributed by atoms with Crippen LogP contribution in [0.2, 0.25) is 0 Å². The molecule has 1 aromatic rings. The number of nitrogens with one attached hydrogen (secondary N) is 1. The number of carboxylic acids is 1. The Hall–Kier alpha value is -1.77. The van der Waals surface area contributed by atoms with Crippen LogP contribution in [0.4, 0.5) is 9.93 Å². The molecule has 0 bridgehead atoms. The van der Waals surface area contributed by atoms with Crippen LogP contribution in [0.3, 0.4) is 0 Å². The molecule has 16 heavy (non-hydrogen) atoms. The molecule has 0 spiro atoms. The molecule has 0 aromatic carbocycles. The van der Waals surface area contributed by atoms with E-state index in [0.29, 0.717) is 0 Å². The second-order valence-electron chi connectivity index (χ2n) is 3.35. The van der Waals surface area contributed by atoms with Gasteiger partial charge in [0, 0.05) is 17.6 Å². The molecular formula is C7H9N5O3S. The summed E-state index contributed by atoms with van der Waals surface area (Å²) in [7, 11) is 0. The lowest BCUT2D eigenvalue weighted by Crippen LogP contribution is -2.40. The summed E-state index contributed by atoms with van der Waals surface area (Å²) < 4.78 is 3.49. The van der Waals surface area contributed by atoms with E-state index < -0.39 is 12.0 Å². The number of nitrogens with zero attached hydrogens (tertiary/aromatic N) is 4. The van der Waals surface area contributed by atoms with E-state index >= 15 is 0 Å². The quantitative estimate of drug-likeness (QED) is 0.771. The number of carboxylic acid groups (broad SMARTS) is 1. The molecule has 1 heterocycles. The fraction of sp³-hybridized carbons (Fsp3) is 0.571. The number of anilines is 1. The maximum atomic E-state index is 11.7. The zero-order valence-corrected chi connectivity index (χ0v) is 8.98. The third kappa shape index (κ3) is 2.63. The van der Waals surface area contributed by atoms with Crippen molar-refractivity contribution in [1.29, 1.82) is 0 Å². The summed E-state index contributed by atoms with van der Waals surface area (Å²) in [5.74, 6) is -1.03. The predicted octanol–water partition coefficient (Wildman–Crippen LogP) is 0.0140. The number of aliphatic carboxylic acids is 1. The Morgan fingerprint density at radius 3 is 2.81 bits per heavy atom. The van der Waals surface area contributed by atoms with Gasteiger partial charge in [-0.3, -0.25) is 10.1 Å². The van der Waals surface area contributed by atoms with Crippen molar-refractivity contribution < 1.29 is 14.7 Å². The van der Waals surface area contributed by atoms with Gasteiger partial charge in [-0.15, -0.1) is 0 Å². The number of hydrogen-bond acceptors (Lipinski definition) is 6. The van der Waals surface area contributed by atoms with Crippen LogP contribution in [0, 0.1) is 0 Å². The fourth-order valence-electron chi connectivity index (χ4n) is 1.24. The summed E-state index contributed by atoms with van der Waals surface area (Å²) in [4.78, 5) is 23.6. The normalized spacial score (nSPS) is 14.5. The molecule has 0 atom stereocenters. The van der Waals surface area contributed by atoms with Crippen LogP contribution in [-0.4, -0.2) is 49.4 Å². The number of hydrogen-bond donors (Lipinski definition) is 2. The number of aromatic nitrogens is 3. The molecule has 0 radical (unpaired) electrons. The van der Waals surface area contributed by atoms with Crippen molar-refractivity contribution in [2.24, 2.45) is 0 Å². The van der Waals surface area contributed by atoms with Gasteiger partial charge in [-0.2, -0.15) is 0 Å². The first-order chi connectivity index (χ1) is 7.66. The first-order valence-electron chi connectivity index (χ1n) is 4.61. The van der Waals surface area contributed by atoms with Crippen LogP contribution in [0.5, 0.6) is 0 Å². The number of amides is 2. The van der Waals surface area contributed by atoms with Crippen LogP contribution in [0.25, 0.3) is 0 Å². The van der Waals surface area contributed by atoms with Crippen molar-refractivity contribution in [3.05, 3.63) is 0 Å². The van der Waals surface area contributed by atoms with Gasteiger partial charge in [0.05, 0.1) is 0 Å². The van der Waals surface area contributed by atoms with Crippen LogP contribution in [0.15, 0.2) is 0 Å². The van der Waals surface area contributed by atoms with E-state index in [1.165, 1.54) is 4.90 Å². The van der Waals surface area contributed by atoms with Crippen molar-refractivity contribution in [2.45, 2.75) is 18.9 Å². The van der Waals surface area contributed by atoms with Gasteiger partial charge >= 0.3 is 12.0 Å². The highest BCUT2D eigenvalue weighted by molar-refractivity contribution is 7.09. The zero-order valence-electron chi connectivity index (χ0n) is 8.16. The predicted molar refractivity (Wildman–Crippen MR) is 54.1 cm³/mol. The Morgan fingerprint density at radius 1 is 1.56 bits per heavy atom. The SMILES string of the molecule is O=C(O)CN(C(=O)Nc1nnns1)C1CC1. The summed E-state index contributed by atoms with van der Waals surface area (Å²) in [6.45, 7) is -0.303. The molecule has 1 saturated carbocycles. The van der Waals surface area contributed by atoms with E-state index in [-0.39, 0.29) is 17.7 Å². The molecule has 2 rings (SSSR count). The second-order valence-corrected chi connectivity index (χ2v) is 4.08. The van der Waals surface area contributed by atoms with Crippen molar-refractivity contribution in [1.82, 2.24) is 19.7 Å². The third-order valence-corrected chi connectivity index (χ3v) is 2.58. The Kier molecular flexibility index (Phi) is 2.95. The van der Waals surface area contributed by atoms with E-state index in [9.17, 15) is 9.59 Å². The molecule has 0 aliphatic heterocycles. The molecule has 86 valence electrons. The average Bonchev–Trinajstić information content (AvgIpc) is 2.94. The Labute approximate surface area is 94.4 Å². The van der Waals surface area contributed by atoms with Crippen molar-refractivity contribution in [3.63, 3.8) is 0 Å². The van der Waals surface area contributed by atoms with Gasteiger partial charge in [-0.05, 0) is 18.1 Å². The summed E-state index contributed by atoms with van der Waals surface area (Å²) >= 11 is 0.941. The first-order valence-corrected chi connectivity index (χ1v) is 5.38. The minimum absolute atomic E-state index is 0.0250. The lowest BCUT2D eigenvalue weighted by molar-refractivity contribution is -0.137. The highest BCUT2D eigenvalue weighted by Crippen LogP contribution is 2.27. The largest absolute Gasteiger partial charge is 0.480 e. The fourth-order valence-corrected chi connectivity index (χ4v) is 1.60. The molecule has 1 aliphatic rings. The Bertz CT molecular complexity index is 391. The number of carbonyl (C=O) groups excluding carboxylic acids is 1. The summed E-state index contributed by atoms with van der Waals surface area (Å²) in [6.07, 6.45) is 1.68. The molecular weight excluding hydrogens is 234 g/mol. The van der Waals surface area contributed by atoms with Crippen LogP contribution in [-0.2, 0) is 4.79 Å². The lowest BCUT2D eigenvalue weighted by atomic mass is 10.5. The van der Waals surface area contributed by atoms with Gasteiger partial charge in [0.2, 0.25) is 5.13 Å². The maximum absolute atomic E-state index is 11.7. The summed E-state index contributed by atoms with van der Waals surface area (Å²) in [5, 5.41) is 18.3. The molecule has 0 unspecified atom stereocenters. The van der Waals surface area contributed by atoms with E-state index in [4.69, 9.17) is 5.11 Å². The van der Waals surface area contributed by atoms with Gasteiger partial charge in [0.1, 0.15) is 6.54 Å². The number of rotatable bonds is 4. The molecule has 1 aliphatic carbocycles. The van der Waals surface area contributed by atoms with Gasteiger partial charge in [-0.1, -0.05) is 9.59 Å². The highest BCUT2D eigenvalue weighted by Gasteiger charge is 2.34. The van der Waals surface area contributed by atoms with Crippen LogP contribution >= 0.6 is 11.5 Å². The van der Waals surface area contributed by atoms with Gasteiger partial charge in [0.15, 0.2) is 0 Å². The minimum atomic E-state index is -1.03. The van der Waals surface area contributed by atoms with Gasteiger partial charge in [-0.25, -0.2) is 4.79 Å². The van der Waals surface area contributed by atoms with Gasteiger partial charge in [0.25, 0.3) is 0 Å². The van der Waals surface area contributed by atoms with Gasteiger partial charge < -0.3 is 10.0 Å². The van der Waals surface area contributed by atoms with Crippen molar-refractivity contribution in [3.8, 4) is 0 Å². The number of carbonyl (C=O) groups is 2. The molecule has 1 aromatic heterocycles. The van der Waals surface area contributed by atoms with Crippen LogP contribution < -0.4 is 5.32 Å². The molecule has 2 N–H and O–H groups in total. The Morgan fingerprint density at radius 2 is 2.31 bits per heavy atom. The molecule has 2 amide bonds. The van der Waals surface area contributed by atoms with E-state index in [2.05, 4.69) is 20.1 Å². The molecule has 9 heteroatoms. The van der Waals surface area contributed by atoms with E-state index in [1.54, 1.807) is 0 Å². The van der Waals surface area contributed by atoms with Crippen molar-refractivity contribution >= 4 is 28.7 Å². The lowest BCUT2D eigenvalue weighted by Gasteiger charge is -2.19. The monoisotopic (exact) mass is 243 g/mol. The van der Waals surface area contributed by atoms with Crippen molar-refractivity contribution in [2.75, 3.05) is 11.9 Å². The highest BCUT2D eigenvalue weighted by atomic mass is 32.1. The minimum Gasteiger partial charge on any atom is -0.480 e. The topological polar surface area (TPSA) is 108 Å². The third-order valence-electron chi connectivity index (χ3n) is 2.07. The molecule has 1 fully saturated rings.